The maximum Gasteiger partial charge on any atom is 0.273 e. The third-order valence-electron chi connectivity index (χ3n) is 4.62. The van der Waals surface area contributed by atoms with Gasteiger partial charge in [-0.1, -0.05) is 30.8 Å². The molecule has 26 heavy (non-hydrogen) atoms. The van der Waals surface area contributed by atoms with Crippen molar-refractivity contribution in [3.8, 4) is 5.75 Å². The molecule has 0 spiro atoms. The van der Waals surface area contributed by atoms with Crippen LogP contribution in [0.1, 0.15) is 72.1 Å². The number of nitrogens with zero attached hydrogens (tertiary/aromatic N) is 1. The smallest absolute Gasteiger partial charge is 0.273 e. The third-order valence-corrected chi connectivity index (χ3v) is 4.62. The zero-order chi connectivity index (χ0) is 18.4. The quantitative estimate of drug-likeness (QED) is 0.627. The number of Topliss-reactive ketones (excluding diaryl/α,β-unsaturated/α-hetero) is 1. The molecule has 0 atom stereocenters. The van der Waals surface area contributed by atoms with Gasteiger partial charge in [-0.3, -0.25) is 9.59 Å². The Morgan fingerprint density at radius 3 is 2.50 bits per heavy atom. The number of carbonyl (C=O) groups is 2. The Kier molecular flexibility index (Phi) is 6.04. The van der Waals surface area contributed by atoms with E-state index in [-0.39, 0.29) is 30.0 Å². The molecular formula is C20H24N2O4. The van der Waals surface area contributed by atoms with E-state index in [1.807, 2.05) is 0 Å². The molecule has 1 fully saturated rings. The van der Waals surface area contributed by atoms with Crippen LogP contribution in [-0.4, -0.2) is 22.9 Å². The molecule has 1 saturated carbocycles. The van der Waals surface area contributed by atoms with Gasteiger partial charge in [0, 0.05) is 17.7 Å². The van der Waals surface area contributed by atoms with Crippen molar-refractivity contribution in [1.29, 1.82) is 0 Å². The summed E-state index contributed by atoms with van der Waals surface area (Å²) in [5.74, 6) is 0.913. The summed E-state index contributed by atoms with van der Waals surface area (Å²) >= 11 is 0. The van der Waals surface area contributed by atoms with Gasteiger partial charge in [0.25, 0.3) is 5.91 Å². The van der Waals surface area contributed by atoms with Gasteiger partial charge in [-0.05, 0) is 44.0 Å². The number of nitrogens with one attached hydrogen (secondary N) is 1. The van der Waals surface area contributed by atoms with Crippen molar-refractivity contribution < 1.29 is 18.8 Å². The molecule has 2 aromatic rings. The number of ketones is 1. The normalized spacial score (nSPS) is 15.3. The van der Waals surface area contributed by atoms with Crippen molar-refractivity contribution >= 4 is 11.7 Å². The van der Waals surface area contributed by atoms with Crippen molar-refractivity contribution in [3.63, 3.8) is 0 Å². The Labute approximate surface area is 152 Å². The molecule has 0 unspecified atom stereocenters. The van der Waals surface area contributed by atoms with Crippen molar-refractivity contribution in [2.75, 3.05) is 0 Å². The molecule has 0 bridgehead atoms. The lowest BCUT2D eigenvalue weighted by Crippen LogP contribution is -2.34. The molecule has 1 aromatic carbocycles. The van der Waals surface area contributed by atoms with Crippen LogP contribution < -0.4 is 10.1 Å². The van der Waals surface area contributed by atoms with Crippen LogP contribution >= 0.6 is 0 Å². The Morgan fingerprint density at radius 2 is 1.85 bits per heavy atom. The zero-order valence-electron chi connectivity index (χ0n) is 15.0. The van der Waals surface area contributed by atoms with Crippen LogP contribution in [0.3, 0.4) is 0 Å². The molecule has 1 amide bonds. The van der Waals surface area contributed by atoms with E-state index in [9.17, 15) is 9.59 Å². The standard InChI is InChI=1S/C20H24N2O4/c1-14(23)15-8-10-17(11-9-15)25-13-18-12-19(22-26-18)20(24)21-16-6-4-2-3-5-7-16/h8-12,16H,2-7,13H2,1H3,(H,21,24). The Hall–Kier alpha value is -2.63. The van der Waals surface area contributed by atoms with Gasteiger partial charge in [-0.2, -0.15) is 0 Å². The maximum atomic E-state index is 12.3. The Bertz CT molecular complexity index is 743. The lowest BCUT2D eigenvalue weighted by Gasteiger charge is -2.14. The molecule has 1 N–H and O–H groups in total. The highest BCUT2D eigenvalue weighted by atomic mass is 16.5. The van der Waals surface area contributed by atoms with Crippen LogP contribution in [0.2, 0.25) is 0 Å². The van der Waals surface area contributed by atoms with E-state index < -0.39 is 0 Å². The fraction of sp³-hybridized carbons (Fsp3) is 0.450. The number of hydrogen-bond donors (Lipinski definition) is 1. The molecule has 1 aliphatic rings. The highest BCUT2D eigenvalue weighted by molar-refractivity contribution is 5.94. The van der Waals surface area contributed by atoms with Gasteiger partial charge in [-0.25, -0.2) is 0 Å². The van der Waals surface area contributed by atoms with Gasteiger partial charge < -0.3 is 14.6 Å². The number of ether oxygens (including phenoxy) is 1. The molecular weight excluding hydrogens is 332 g/mol. The van der Waals surface area contributed by atoms with E-state index in [0.29, 0.717) is 17.1 Å². The average Bonchev–Trinajstić information content (AvgIpc) is 2.98. The number of amides is 1. The van der Waals surface area contributed by atoms with Crippen LogP contribution in [0.5, 0.6) is 5.75 Å². The van der Waals surface area contributed by atoms with E-state index in [4.69, 9.17) is 9.26 Å². The van der Waals surface area contributed by atoms with E-state index in [2.05, 4.69) is 10.5 Å². The minimum absolute atomic E-state index is 0.0103. The molecule has 1 aromatic heterocycles. The van der Waals surface area contributed by atoms with E-state index >= 15 is 0 Å². The topological polar surface area (TPSA) is 81.4 Å². The first-order chi connectivity index (χ1) is 12.6. The van der Waals surface area contributed by atoms with Crippen LogP contribution in [0.25, 0.3) is 0 Å². The predicted molar refractivity (Wildman–Crippen MR) is 96.2 cm³/mol. The van der Waals surface area contributed by atoms with E-state index in [0.717, 1.165) is 25.7 Å². The second-order valence-electron chi connectivity index (χ2n) is 6.71. The summed E-state index contributed by atoms with van der Waals surface area (Å²) < 4.78 is 10.8. The lowest BCUT2D eigenvalue weighted by atomic mass is 10.1. The first-order valence-corrected chi connectivity index (χ1v) is 9.12. The fourth-order valence-electron chi connectivity index (χ4n) is 3.11. The molecule has 0 aliphatic heterocycles. The van der Waals surface area contributed by atoms with Gasteiger partial charge in [-0.15, -0.1) is 0 Å². The van der Waals surface area contributed by atoms with Crippen LogP contribution in [0.15, 0.2) is 34.9 Å². The first-order valence-electron chi connectivity index (χ1n) is 9.12. The SMILES string of the molecule is CC(=O)c1ccc(OCc2cc(C(=O)NC3CCCCCC3)no2)cc1. The number of hydrogen-bond acceptors (Lipinski definition) is 5. The third kappa shape index (κ3) is 4.94. The van der Waals surface area contributed by atoms with Gasteiger partial charge >= 0.3 is 0 Å². The maximum absolute atomic E-state index is 12.3. The Morgan fingerprint density at radius 1 is 1.15 bits per heavy atom. The van der Waals surface area contributed by atoms with Gasteiger partial charge in [0.15, 0.2) is 17.2 Å². The highest BCUT2D eigenvalue weighted by Gasteiger charge is 2.18. The minimum Gasteiger partial charge on any atom is -0.486 e. The predicted octanol–water partition coefficient (Wildman–Crippen LogP) is 3.91. The van der Waals surface area contributed by atoms with Crippen molar-refractivity contribution in [2.45, 2.75) is 58.1 Å². The molecule has 0 radical (unpaired) electrons. The summed E-state index contributed by atoms with van der Waals surface area (Å²) in [6.45, 7) is 1.69. The van der Waals surface area contributed by atoms with Crippen molar-refractivity contribution in [2.24, 2.45) is 0 Å². The van der Waals surface area contributed by atoms with Crippen LogP contribution in [0.4, 0.5) is 0 Å². The molecule has 0 saturated heterocycles. The molecule has 6 heteroatoms. The van der Waals surface area contributed by atoms with Crippen LogP contribution in [-0.2, 0) is 6.61 Å². The molecule has 1 aliphatic carbocycles. The minimum atomic E-state index is -0.197. The molecule has 3 rings (SSSR count). The highest BCUT2D eigenvalue weighted by Crippen LogP contribution is 2.18. The van der Waals surface area contributed by atoms with Crippen molar-refractivity contribution in [3.05, 3.63) is 47.3 Å². The Balaban J connectivity index is 1.52. The fourth-order valence-corrected chi connectivity index (χ4v) is 3.11. The van der Waals surface area contributed by atoms with Gasteiger partial charge in [0.1, 0.15) is 12.4 Å². The molecule has 1 heterocycles. The van der Waals surface area contributed by atoms with Crippen LogP contribution in [0, 0.1) is 0 Å². The van der Waals surface area contributed by atoms with Gasteiger partial charge in [0.2, 0.25) is 0 Å². The summed E-state index contributed by atoms with van der Waals surface area (Å²) in [6.07, 6.45) is 6.85. The summed E-state index contributed by atoms with van der Waals surface area (Å²) in [7, 11) is 0. The monoisotopic (exact) mass is 356 g/mol. The molecule has 6 nitrogen and oxygen atoms in total. The van der Waals surface area contributed by atoms with Gasteiger partial charge in [0.05, 0.1) is 0 Å². The van der Waals surface area contributed by atoms with E-state index in [1.165, 1.54) is 19.8 Å². The first kappa shape index (κ1) is 18.2. The summed E-state index contributed by atoms with van der Waals surface area (Å²) in [4.78, 5) is 23.6. The summed E-state index contributed by atoms with van der Waals surface area (Å²) in [6, 6.07) is 8.71. The number of rotatable bonds is 6. The largest absolute Gasteiger partial charge is 0.486 e. The molecule has 138 valence electrons. The number of carbonyl (C=O) groups excluding carboxylic acids is 2. The zero-order valence-corrected chi connectivity index (χ0v) is 15.0. The van der Waals surface area contributed by atoms with Crippen molar-refractivity contribution in [1.82, 2.24) is 10.5 Å². The second kappa shape index (κ2) is 8.65. The number of aromatic nitrogens is 1. The second-order valence-corrected chi connectivity index (χ2v) is 6.71. The van der Waals surface area contributed by atoms with E-state index in [1.54, 1.807) is 30.3 Å². The average molecular weight is 356 g/mol. The lowest BCUT2D eigenvalue weighted by molar-refractivity contribution is 0.0923. The summed E-state index contributed by atoms with van der Waals surface area (Å²) in [5.41, 5.74) is 0.911. The number of benzene rings is 1. The summed E-state index contributed by atoms with van der Waals surface area (Å²) in [5, 5.41) is 6.89.